The number of oxazole rings is 1. The van der Waals surface area contributed by atoms with Gasteiger partial charge in [-0.25, -0.2) is 9.37 Å². The molecule has 0 saturated carbocycles. The minimum atomic E-state index is -0.392. The van der Waals surface area contributed by atoms with E-state index in [0.717, 1.165) is 16.8 Å². The standard InChI is InChI=1S/C18H11FN2O2/c19-13-5-3-4-11(8-13)17-21-16(18(22)23-17)9-12-10-20-15-7-2-1-6-14(12)15/h1-10,22H/b12-9+. The van der Waals surface area contributed by atoms with Crippen molar-refractivity contribution in [1.82, 2.24) is 4.98 Å². The van der Waals surface area contributed by atoms with Crippen molar-refractivity contribution in [3.8, 4) is 17.4 Å². The first-order valence-electron chi connectivity index (χ1n) is 7.01. The third kappa shape index (κ3) is 2.42. The second-order valence-electron chi connectivity index (χ2n) is 5.09. The number of rotatable bonds is 2. The van der Waals surface area contributed by atoms with E-state index in [4.69, 9.17) is 4.42 Å². The fourth-order valence-electron chi connectivity index (χ4n) is 2.46. The van der Waals surface area contributed by atoms with E-state index in [1.165, 1.54) is 12.1 Å². The maximum absolute atomic E-state index is 13.3. The lowest BCUT2D eigenvalue weighted by Gasteiger charge is -1.97. The third-order valence-electron chi connectivity index (χ3n) is 3.56. The molecule has 0 amide bonds. The van der Waals surface area contributed by atoms with E-state index < -0.39 is 5.82 Å². The van der Waals surface area contributed by atoms with Gasteiger partial charge in [0.1, 0.15) is 11.5 Å². The lowest BCUT2D eigenvalue weighted by molar-refractivity contribution is 0.336. The van der Waals surface area contributed by atoms with Crippen molar-refractivity contribution in [2.45, 2.75) is 0 Å². The number of nitrogens with zero attached hydrogens (tertiary/aromatic N) is 2. The molecule has 0 atom stereocenters. The fraction of sp³-hybridized carbons (Fsp3) is 0. The summed E-state index contributed by atoms with van der Waals surface area (Å²) in [6, 6.07) is 13.5. The molecule has 23 heavy (non-hydrogen) atoms. The first-order chi connectivity index (χ1) is 11.2. The molecule has 1 N–H and O–H groups in total. The quantitative estimate of drug-likeness (QED) is 0.761. The van der Waals surface area contributed by atoms with E-state index in [2.05, 4.69) is 9.98 Å². The zero-order valence-electron chi connectivity index (χ0n) is 11.9. The van der Waals surface area contributed by atoms with Crippen LogP contribution < -0.4 is 0 Å². The smallest absolute Gasteiger partial charge is 0.310 e. The van der Waals surface area contributed by atoms with Crippen LogP contribution in [0.5, 0.6) is 5.95 Å². The Morgan fingerprint density at radius 2 is 1.96 bits per heavy atom. The second-order valence-corrected chi connectivity index (χ2v) is 5.09. The molecule has 1 aromatic heterocycles. The summed E-state index contributed by atoms with van der Waals surface area (Å²) in [4.78, 5) is 8.54. The van der Waals surface area contributed by atoms with Gasteiger partial charge in [0.05, 0.1) is 5.69 Å². The summed E-state index contributed by atoms with van der Waals surface area (Å²) in [5.41, 5.74) is 3.40. The molecule has 0 spiro atoms. The monoisotopic (exact) mass is 306 g/mol. The molecule has 3 aromatic rings. The number of para-hydroxylation sites is 1. The number of fused-ring (bicyclic) bond motifs is 1. The van der Waals surface area contributed by atoms with Crippen molar-refractivity contribution >= 4 is 23.6 Å². The zero-order valence-corrected chi connectivity index (χ0v) is 11.9. The van der Waals surface area contributed by atoms with E-state index in [-0.39, 0.29) is 17.5 Å². The van der Waals surface area contributed by atoms with Crippen LogP contribution in [0.1, 0.15) is 11.3 Å². The number of hydrogen-bond donors (Lipinski definition) is 1. The van der Waals surface area contributed by atoms with Gasteiger partial charge in [-0.15, -0.1) is 0 Å². The number of halogens is 1. The molecule has 0 fully saturated rings. The Labute approximate surface area is 131 Å². The minimum Gasteiger partial charge on any atom is -0.479 e. The van der Waals surface area contributed by atoms with Crippen molar-refractivity contribution in [3.05, 3.63) is 65.6 Å². The third-order valence-corrected chi connectivity index (χ3v) is 3.56. The molecule has 112 valence electrons. The van der Waals surface area contributed by atoms with Gasteiger partial charge in [0, 0.05) is 22.9 Å². The van der Waals surface area contributed by atoms with E-state index in [9.17, 15) is 9.50 Å². The summed E-state index contributed by atoms with van der Waals surface area (Å²) in [7, 11) is 0. The summed E-state index contributed by atoms with van der Waals surface area (Å²) in [5.74, 6) is -0.538. The van der Waals surface area contributed by atoms with E-state index in [0.29, 0.717) is 5.56 Å². The topological polar surface area (TPSA) is 58.6 Å². The normalized spacial score (nSPS) is 14.4. The van der Waals surface area contributed by atoms with Crippen LogP contribution in [0.4, 0.5) is 10.1 Å². The van der Waals surface area contributed by atoms with Gasteiger partial charge in [-0.3, -0.25) is 4.99 Å². The fourth-order valence-corrected chi connectivity index (χ4v) is 2.46. The van der Waals surface area contributed by atoms with Crippen LogP contribution in [0.15, 0.2) is 57.9 Å². The summed E-state index contributed by atoms with van der Waals surface area (Å²) in [5, 5.41) is 9.96. The maximum atomic E-state index is 13.3. The Hall–Kier alpha value is -3.21. The number of aliphatic imine (C=N–C) groups is 1. The van der Waals surface area contributed by atoms with Crippen molar-refractivity contribution in [3.63, 3.8) is 0 Å². The van der Waals surface area contributed by atoms with E-state index in [1.807, 2.05) is 24.3 Å². The van der Waals surface area contributed by atoms with Gasteiger partial charge >= 0.3 is 5.95 Å². The van der Waals surface area contributed by atoms with Gasteiger partial charge in [0.25, 0.3) is 0 Å². The summed E-state index contributed by atoms with van der Waals surface area (Å²) < 4.78 is 18.5. The average molecular weight is 306 g/mol. The molecule has 2 heterocycles. The highest BCUT2D eigenvalue weighted by atomic mass is 19.1. The van der Waals surface area contributed by atoms with Gasteiger partial charge in [0.15, 0.2) is 0 Å². The van der Waals surface area contributed by atoms with Crippen LogP contribution >= 0.6 is 0 Å². The van der Waals surface area contributed by atoms with Crippen molar-refractivity contribution in [2.75, 3.05) is 0 Å². The summed E-state index contributed by atoms with van der Waals surface area (Å²) >= 11 is 0. The summed E-state index contributed by atoms with van der Waals surface area (Å²) in [6.45, 7) is 0. The lowest BCUT2D eigenvalue weighted by atomic mass is 10.1. The van der Waals surface area contributed by atoms with E-state index >= 15 is 0 Å². The molecule has 0 unspecified atom stereocenters. The van der Waals surface area contributed by atoms with Crippen LogP contribution in [-0.2, 0) is 0 Å². The Morgan fingerprint density at radius 3 is 2.83 bits per heavy atom. The average Bonchev–Trinajstić information content (AvgIpc) is 3.13. The number of benzene rings is 2. The summed E-state index contributed by atoms with van der Waals surface area (Å²) in [6.07, 6.45) is 3.40. The molecule has 2 aromatic carbocycles. The van der Waals surface area contributed by atoms with Crippen molar-refractivity contribution < 1.29 is 13.9 Å². The number of hydrogen-bond acceptors (Lipinski definition) is 4. The molecule has 0 saturated heterocycles. The Morgan fingerprint density at radius 1 is 1.09 bits per heavy atom. The van der Waals surface area contributed by atoms with Crippen molar-refractivity contribution in [1.29, 1.82) is 0 Å². The highest BCUT2D eigenvalue weighted by Crippen LogP contribution is 2.34. The van der Waals surface area contributed by atoms with E-state index in [1.54, 1.807) is 24.4 Å². The van der Waals surface area contributed by atoms with Gasteiger partial charge in [-0.2, -0.15) is 0 Å². The SMILES string of the molecule is Oc1oc(-c2cccc(F)c2)nc1/C=C1\C=Nc2ccccc21. The molecule has 5 heteroatoms. The molecular weight excluding hydrogens is 295 g/mol. The van der Waals surface area contributed by atoms with Gasteiger partial charge in [-0.1, -0.05) is 24.3 Å². The number of aromatic nitrogens is 1. The van der Waals surface area contributed by atoms with Crippen LogP contribution in [0.25, 0.3) is 23.1 Å². The molecule has 0 aliphatic carbocycles. The largest absolute Gasteiger partial charge is 0.479 e. The zero-order chi connectivity index (χ0) is 15.8. The molecule has 1 aliphatic heterocycles. The molecular formula is C18H11FN2O2. The van der Waals surface area contributed by atoms with Crippen molar-refractivity contribution in [2.24, 2.45) is 4.99 Å². The molecule has 0 bridgehead atoms. The van der Waals surface area contributed by atoms with Crippen LogP contribution in [0.3, 0.4) is 0 Å². The van der Waals surface area contributed by atoms with Crippen LogP contribution in [0, 0.1) is 5.82 Å². The highest BCUT2D eigenvalue weighted by Gasteiger charge is 2.16. The number of aromatic hydroxyl groups is 1. The first kappa shape index (κ1) is 13.5. The van der Waals surface area contributed by atoms with Gasteiger partial charge < -0.3 is 9.52 Å². The minimum absolute atomic E-state index is 0.164. The first-order valence-corrected chi connectivity index (χ1v) is 7.01. The Bertz CT molecular complexity index is 957. The lowest BCUT2D eigenvalue weighted by Crippen LogP contribution is -1.83. The maximum Gasteiger partial charge on any atom is 0.310 e. The predicted octanol–water partition coefficient (Wildman–Crippen LogP) is 4.44. The van der Waals surface area contributed by atoms with Gasteiger partial charge in [0.2, 0.25) is 5.89 Å². The Kier molecular flexibility index (Phi) is 3.05. The predicted molar refractivity (Wildman–Crippen MR) is 86.0 cm³/mol. The second kappa shape index (κ2) is 5.21. The molecule has 4 nitrogen and oxygen atoms in total. The Balaban J connectivity index is 1.75. The molecule has 4 rings (SSSR count). The van der Waals surface area contributed by atoms with Crippen LogP contribution in [0.2, 0.25) is 0 Å². The van der Waals surface area contributed by atoms with Crippen LogP contribution in [-0.4, -0.2) is 16.3 Å². The van der Waals surface area contributed by atoms with Gasteiger partial charge in [-0.05, 0) is 30.3 Å². The number of allylic oxidation sites excluding steroid dienone is 1. The molecule has 1 aliphatic rings. The highest BCUT2D eigenvalue weighted by molar-refractivity contribution is 6.21. The molecule has 0 radical (unpaired) electrons.